The molecule has 0 bridgehead atoms. The van der Waals surface area contributed by atoms with Crippen molar-refractivity contribution in [1.29, 1.82) is 0 Å². The van der Waals surface area contributed by atoms with Crippen LogP contribution in [0.15, 0.2) is 0 Å². The summed E-state index contributed by atoms with van der Waals surface area (Å²) in [6, 6.07) is -0.293. The molecule has 0 aliphatic carbocycles. The molecule has 1 heterocycles. The molecule has 4 heteroatoms. The van der Waals surface area contributed by atoms with Crippen LogP contribution in [-0.4, -0.2) is 41.9 Å². The Kier molecular flexibility index (Phi) is 3.88. The van der Waals surface area contributed by atoms with Gasteiger partial charge in [-0.15, -0.1) is 0 Å². The van der Waals surface area contributed by atoms with Crippen LogP contribution in [-0.2, 0) is 4.79 Å². The lowest BCUT2D eigenvalue weighted by Crippen LogP contribution is -2.43. The summed E-state index contributed by atoms with van der Waals surface area (Å²) in [5.74, 6) is 0.858. The van der Waals surface area contributed by atoms with Crippen LogP contribution >= 0.6 is 11.8 Å². The van der Waals surface area contributed by atoms with Crippen LogP contribution < -0.4 is 5.73 Å². The van der Waals surface area contributed by atoms with E-state index in [0.29, 0.717) is 0 Å². The minimum atomic E-state index is -0.293. The Labute approximate surface area is 77.7 Å². The van der Waals surface area contributed by atoms with Gasteiger partial charge in [-0.25, -0.2) is 0 Å². The summed E-state index contributed by atoms with van der Waals surface area (Å²) in [4.78, 5) is 13.4. The number of hydrogen-bond acceptors (Lipinski definition) is 3. The van der Waals surface area contributed by atoms with E-state index in [4.69, 9.17) is 5.73 Å². The van der Waals surface area contributed by atoms with E-state index >= 15 is 0 Å². The molecule has 0 saturated carbocycles. The lowest BCUT2D eigenvalue weighted by atomic mass is 10.3. The van der Waals surface area contributed by atoms with Crippen molar-refractivity contribution < 1.29 is 4.79 Å². The number of rotatable bonds is 3. The topological polar surface area (TPSA) is 46.3 Å². The Morgan fingerprint density at radius 1 is 1.58 bits per heavy atom. The van der Waals surface area contributed by atoms with E-state index in [0.717, 1.165) is 31.7 Å². The lowest BCUT2D eigenvalue weighted by molar-refractivity contribution is -0.130. The van der Waals surface area contributed by atoms with Gasteiger partial charge in [0.05, 0.1) is 6.04 Å². The minimum Gasteiger partial charge on any atom is -0.341 e. The second-order valence-electron chi connectivity index (χ2n) is 3.09. The monoisotopic (exact) mass is 188 g/mol. The second-order valence-corrected chi connectivity index (χ2v) is 4.00. The van der Waals surface area contributed by atoms with Crippen LogP contribution in [0.3, 0.4) is 0 Å². The van der Waals surface area contributed by atoms with Crippen molar-refractivity contribution in [3.05, 3.63) is 0 Å². The molecule has 3 nitrogen and oxygen atoms in total. The summed E-state index contributed by atoms with van der Waals surface area (Å²) in [7, 11) is 0. The number of amides is 1. The molecular formula is C8H16N2OS. The maximum Gasteiger partial charge on any atom is 0.240 e. The first-order chi connectivity index (χ1) is 5.75. The first-order valence-electron chi connectivity index (χ1n) is 4.29. The molecule has 1 rings (SSSR count). The van der Waals surface area contributed by atoms with E-state index in [9.17, 15) is 4.79 Å². The van der Waals surface area contributed by atoms with Crippen molar-refractivity contribution in [2.45, 2.75) is 18.9 Å². The molecule has 0 unspecified atom stereocenters. The van der Waals surface area contributed by atoms with Gasteiger partial charge in [-0.1, -0.05) is 0 Å². The summed E-state index contributed by atoms with van der Waals surface area (Å²) < 4.78 is 0. The standard InChI is InChI=1S/C8H16N2OS/c1-12-6-7(9)8(11)10-4-2-3-5-10/h7H,2-6,9H2,1H3/t7-/m0/s1. The quantitative estimate of drug-likeness (QED) is 0.693. The third-order valence-corrected chi connectivity index (χ3v) is 2.77. The Morgan fingerprint density at radius 2 is 2.17 bits per heavy atom. The van der Waals surface area contributed by atoms with Crippen LogP contribution in [0, 0.1) is 0 Å². The van der Waals surface area contributed by atoms with E-state index in [2.05, 4.69) is 0 Å². The highest BCUT2D eigenvalue weighted by Gasteiger charge is 2.22. The normalized spacial score (nSPS) is 19.7. The van der Waals surface area contributed by atoms with E-state index in [1.165, 1.54) is 0 Å². The molecule has 70 valence electrons. The zero-order chi connectivity index (χ0) is 8.97. The van der Waals surface area contributed by atoms with Crippen LogP contribution in [0.2, 0.25) is 0 Å². The van der Waals surface area contributed by atoms with E-state index in [1.807, 2.05) is 11.2 Å². The molecule has 1 amide bonds. The smallest absolute Gasteiger partial charge is 0.240 e. The highest BCUT2D eigenvalue weighted by atomic mass is 32.2. The molecule has 0 aromatic rings. The van der Waals surface area contributed by atoms with Crippen LogP contribution in [0.25, 0.3) is 0 Å². The molecule has 0 spiro atoms. The molecule has 2 N–H and O–H groups in total. The lowest BCUT2D eigenvalue weighted by Gasteiger charge is -2.19. The van der Waals surface area contributed by atoms with E-state index in [-0.39, 0.29) is 11.9 Å². The fourth-order valence-electron chi connectivity index (χ4n) is 1.42. The fourth-order valence-corrected chi connectivity index (χ4v) is 1.92. The maximum absolute atomic E-state index is 11.5. The Bertz CT molecular complexity index is 157. The van der Waals surface area contributed by atoms with Crippen molar-refractivity contribution in [1.82, 2.24) is 4.90 Å². The molecule has 12 heavy (non-hydrogen) atoms. The van der Waals surface area contributed by atoms with Gasteiger partial charge in [-0.2, -0.15) is 11.8 Å². The Hall–Kier alpha value is -0.220. The zero-order valence-corrected chi connectivity index (χ0v) is 8.27. The van der Waals surface area contributed by atoms with E-state index in [1.54, 1.807) is 11.8 Å². The highest BCUT2D eigenvalue weighted by Crippen LogP contribution is 2.09. The molecule has 1 atom stereocenters. The SMILES string of the molecule is CSC[C@H](N)C(=O)N1CCCC1. The third kappa shape index (κ3) is 2.38. The Balaban J connectivity index is 2.34. The molecule has 1 aliphatic rings. The number of carbonyl (C=O) groups is 1. The molecular weight excluding hydrogens is 172 g/mol. The number of likely N-dealkylation sites (tertiary alicyclic amines) is 1. The van der Waals surface area contributed by atoms with Crippen LogP contribution in [0.4, 0.5) is 0 Å². The Morgan fingerprint density at radius 3 is 2.67 bits per heavy atom. The fraction of sp³-hybridized carbons (Fsp3) is 0.875. The van der Waals surface area contributed by atoms with Crippen LogP contribution in [0.5, 0.6) is 0 Å². The number of hydrogen-bond donors (Lipinski definition) is 1. The van der Waals surface area contributed by atoms with Crippen molar-refractivity contribution in [3.8, 4) is 0 Å². The molecule has 0 aromatic heterocycles. The summed E-state index contributed by atoms with van der Waals surface area (Å²) in [5.41, 5.74) is 5.70. The molecule has 0 radical (unpaired) electrons. The van der Waals surface area contributed by atoms with Gasteiger partial charge in [0.1, 0.15) is 0 Å². The van der Waals surface area contributed by atoms with Gasteiger partial charge in [0.2, 0.25) is 5.91 Å². The number of nitrogens with zero attached hydrogens (tertiary/aromatic N) is 1. The highest BCUT2D eigenvalue weighted by molar-refractivity contribution is 7.98. The van der Waals surface area contributed by atoms with Crippen molar-refractivity contribution >= 4 is 17.7 Å². The first kappa shape index (κ1) is 9.86. The summed E-state index contributed by atoms with van der Waals surface area (Å²) in [5, 5.41) is 0. The second kappa shape index (κ2) is 4.72. The average Bonchev–Trinajstić information content (AvgIpc) is 2.55. The summed E-state index contributed by atoms with van der Waals surface area (Å²) in [6.45, 7) is 1.81. The van der Waals surface area contributed by atoms with Gasteiger partial charge in [0.15, 0.2) is 0 Å². The third-order valence-electron chi connectivity index (χ3n) is 2.08. The molecule has 1 fully saturated rings. The van der Waals surface area contributed by atoms with Crippen molar-refractivity contribution in [2.24, 2.45) is 5.73 Å². The predicted octanol–water partition coefficient (Wildman–Crippen LogP) is 0.299. The van der Waals surface area contributed by atoms with Crippen molar-refractivity contribution in [3.63, 3.8) is 0 Å². The maximum atomic E-state index is 11.5. The van der Waals surface area contributed by atoms with Gasteiger partial charge in [0.25, 0.3) is 0 Å². The predicted molar refractivity (Wildman–Crippen MR) is 52.2 cm³/mol. The van der Waals surface area contributed by atoms with Gasteiger partial charge in [0, 0.05) is 18.8 Å². The molecule has 1 aliphatic heterocycles. The van der Waals surface area contributed by atoms with Gasteiger partial charge < -0.3 is 10.6 Å². The minimum absolute atomic E-state index is 0.127. The summed E-state index contributed by atoms with van der Waals surface area (Å²) in [6.07, 6.45) is 4.24. The number of thioether (sulfide) groups is 1. The van der Waals surface area contributed by atoms with Crippen LogP contribution in [0.1, 0.15) is 12.8 Å². The van der Waals surface area contributed by atoms with Gasteiger partial charge in [-0.05, 0) is 19.1 Å². The first-order valence-corrected chi connectivity index (χ1v) is 5.68. The number of nitrogens with two attached hydrogens (primary N) is 1. The number of carbonyl (C=O) groups excluding carboxylic acids is 1. The van der Waals surface area contributed by atoms with Crippen molar-refractivity contribution in [2.75, 3.05) is 25.1 Å². The van der Waals surface area contributed by atoms with E-state index < -0.39 is 0 Å². The summed E-state index contributed by atoms with van der Waals surface area (Å²) >= 11 is 1.62. The zero-order valence-electron chi connectivity index (χ0n) is 7.45. The molecule has 0 aromatic carbocycles. The van der Waals surface area contributed by atoms with Gasteiger partial charge in [-0.3, -0.25) is 4.79 Å². The average molecular weight is 188 g/mol. The largest absolute Gasteiger partial charge is 0.341 e. The van der Waals surface area contributed by atoms with Gasteiger partial charge >= 0.3 is 0 Å². The molecule has 1 saturated heterocycles.